The molecule has 1 atom stereocenters. The van der Waals surface area contributed by atoms with Crippen molar-refractivity contribution in [3.63, 3.8) is 0 Å². The highest BCUT2D eigenvalue weighted by atomic mass is 16.1. The Morgan fingerprint density at radius 1 is 1.37 bits per heavy atom. The number of nitrogens with zero attached hydrogens (tertiary/aromatic N) is 1. The molecule has 0 saturated carbocycles. The molecule has 0 aliphatic carbocycles. The molecule has 0 heterocycles. The molecule has 0 bridgehead atoms. The quantitative estimate of drug-likeness (QED) is 0.701. The monoisotopic (exact) mass is 263 g/mol. The lowest BCUT2D eigenvalue weighted by molar-refractivity contribution is -0.124. The molecule has 4 nitrogen and oxygen atoms in total. The molecule has 0 fully saturated rings. The largest absolute Gasteiger partial charge is 0.372 e. The van der Waals surface area contributed by atoms with Crippen molar-refractivity contribution in [1.82, 2.24) is 5.32 Å². The molecule has 1 aromatic rings. The molecule has 1 amide bonds. The molecule has 4 heteroatoms. The van der Waals surface area contributed by atoms with E-state index in [9.17, 15) is 4.79 Å². The van der Waals surface area contributed by atoms with Gasteiger partial charge in [0.2, 0.25) is 5.91 Å². The zero-order valence-corrected chi connectivity index (χ0v) is 11.9. The average Bonchev–Trinajstić information content (AvgIpc) is 2.47. The summed E-state index contributed by atoms with van der Waals surface area (Å²) in [4.78, 5) is 13.9. The Balaban J connectivity index is 2.30. The zero-order valence-electron chi connectivity index (χ0n) is 11.9. The average molecular weight is 263 g/mol. The van der Waals surface area contributed by atoms with Crippen LogP contribution in [0.5, 0.6) is 0 Å². The Morgan fingerprint density at radius 2 is 2.05 bits per heavy atom. The maximum atomic E-state index is 11.6. The van der Waals surface area contributed by atoms with Crippen molar-refractivity contribution in [2.24, 2.45) is 11.7 Å². The second-order valence-electron chi connectivity index (χ2n) is 4.70. The second kappa shape index (κ2) is 8.53. The van der Waals surface area contributed by atoms with Crippen LogP contribution in [0.1, 0.15) is 20.3 Å². The van der Waals surface area contributed by atoms with Crippen molar-refractivity contribution in [1.29, 1.82) is 0 Å². The summed E-state index contributed by atoms with van der Waals surface area (Å²) in [6.07, 6.45) is 0.936. The van der Waals surface area contributed by atoms with E-state index in [0.717, 1.165) is 19.5 Å². The van der Waals surface area contributed by atoms with Crippen LogP contribution in [0, 0.1) is 5.92 Å². The summed E-state index contributed by atoms with van der Waals surface area (Å²) in [5.41, 5.74) is 6.68. The number of anilines is 1. The Morgan fingerprint density at radius 3 is 2.63 bits per heavy atom. The summed E-state index contributed by atoms with van der Waals surface area (Å²) in [6, 6.07) is 10.3. The first kappa shape index (κ1) is 15.5. The Kier molecular flexibility index (Phi) is 6.97. The van der Waals surface area contributed by atoms with Gasteiger partial charge in [-0.25, -0.2) is 0 Å². The first-order valence-corrected chi connectivity index (χ1v) is 6.96. The molecule has 19 heavy (non-hydrogen) atoms. The van der Waals surface area contributed by atoms with Gasteiger partial charge in [0, 0.05) is 37.8 Å². The number of rotatable bonds is 8. The SMILES string of the molecule is CCN(CCCNC(=O)C(C)CN)c1ccccc1. The fourth-order valence-corrected chi connectivity index (χ4v) is 1.87. The Labute approximate surface area is 116 Å². The van der Waals surface area contributed by atoms with Gasteiger partial charge in [-0.15, -0.1) is 0 Å². The number of amides is 1. The summed E-state index contributed by atoms with van der Waals surface area (Å²) in [7, 11) is 0. The van der Waals surface area contributed by atoms with E-state index in [4.69, 9.17) is 5.73 Å². The molecule has 0 aliphatic heterocycles. The summed E-state index contributed by atoms with van der Waals surface area (Å²) < 4.78 is 0. The van der Waals surface area contributed by atoms with Crippen molar-refractivity contribution >= 4 is 11.6 Å². The fraction of sp³-hybridized carbons (Fsp3) is 0.533. The lowest BCUT2D eigenvalue weighted by Crippen LogP contribution is -2.35. The van der Waals surface area contributed by atoms with Gasteiger partial charge in [-0.1, -0.05) is 25.1 Å². The minimum Gasteiger partial charge on any atom is -0.372 e. The van der Waals surface area contributed by atoms with Crippen molar-refractivity contribution in [3.8, 4) is 0 Å². The van der Waals surface area contributed by atoms with Crippen LogP contribution in [0.25, 0.3) is 0 Å². The summed E-state index contributed by atoms with van der Waals surface area (Å²) in [5, 5.41) is 2.92. The molecule has 0 spiro atoms. The van der Waals surface area contributed by atoms with Gasteiger partial charge in [-0.3, -0.25) is 4.79 Å². The summed E-state index contributed by atoms with van der Waals surface area (Å²) >= 11 is 0. The first-order chi connectivity index (χ1) is 9.19. The van der Waals surface area contributed by atoms with Gasteiger partial charge < -0.3 is 16.0 Å². The summed E-state index contributed by atoms with van der Waals surface area (Å²) in [5.74, 6) is -0.0540. The highest BCUT2D eigenvalue weighted by molar-refractivity contribution is 5.78. The van der Waals surface area contributed by atoms with E-state index in [1.54, 1.807) is 0 Å². The predicted molar refractivity (Wildman–Crippen MR) is 80.2 cm³/mol. The van der Waals surface area contributed by atoms with Crippen molar-refractivity contribution < 1.29 is 4.79 Å². The predicted octanol–water partition coefficient (Wildman–Crippen LogP) is 1.61. The maximum absolute atomic E-state index is 11.6. The number of hydrogen-bond donors (Lipinski definition) is 2. The van der Waals surface area contributed by atoms with E-state index in [0.29, 0.717) is 13.1 Å². The van der Waals surface area contributed by atoms with Gasteiger partial charge in [0.05, 0.1) is 0 Å². The fourth-order valence-electron chi connectivity index (χ4n) is 1.87. The molecule has 1 aromatic carbocycles. The third-order valence-corrected chi connectivity index (χ3v) is 3.21. The van der Waals surface area contributed by atoms with Gasteiger partial charge >= 0.3 is 0 Å². The van der Waals surface area contributed by atoms with Gasteiger partial charge in [-0.2, -0.15) is 0 Å². The topological polar surface area (TPSA) is 58.4 Å². The Hall–Kier alpha value is -1.55. The van der Waals surface area contributed by atoms with E-state index < -0.39 is 0 Å². The van der Waals surface area contributed by atoms with Crippen LogP contribution in [-0.2, 0) is 4.79 Å². The number of nitrogens with one attached hydrogen (secondary N) is 1. The molecule has 106 valence electrons. The van der Waals surface area contributed by atoms with Crippen LogP contribution in [0.2, 0.25) is 0 Å². The highest BCUT2D eigenvalue weighted by Crippen LogP contribution is 2.12. The van der Waals surface area contributed by atoms with E-state index in [2.05, 4.69) is 29.3 Å². The van der Waals surface area contributed by atoms with Gasteiger partial charge in [0.25, 0.3) is 0 Å². The molecular weight excluding hydrogens is 238 g/mol. The zero-order chi connectivity index (χ0) is 14.1. The molecular formula is C15H25N3O. The number of carbonyl (C=O) groups excluding carboxylic acids is 1. The number of para-hydroxylation sites is 1. The lowest BCUT2D eigenvalue weighted by atomic mass is 10.1. The van der Waals surface area contributed by atoms with E-state index >= 15 is 0 Å². The number of carbonyl (C=O) groups is 1. The van der Waals surface area contributed by atoms with Crippen LogP contribution in [0.15, 0.2) is 30.3 Å². The maximum Gasteiger partial charge on any atom is 0.224 e. The molecule has 1 unspecified atom stereocenters. The summed E-state index contributed by atoms with van der Waals surface area (Å²) in [6.45, 7) is 7.00. The van der Waals surface area contributed by atoms with Crippen molar-refractivity contribution in [3.05, 3.63) is 30.3 Å². The Bertz CT molecular complexity index is 367. The van der Waals surface area contributed by atoms with Crippen LogP contribution in [-0.4, -0.2) is 32.1 Å². The number of nitrogens with two attached hydrogens (primary N) is 1. The molecule has 0 radical (unpaired) electrons. The van der Waals surface area contributed by atoms with Crippen molar-refractivity contribution in [2.75, 3.05) is 31.1 Å². The second-order valence-corrected chi connectivity index (χ2v) is 4.70. The normalized spacial score (nSPS) is 11.9. The molecule has 3 N–H and O–H groups in total. The smallest absolute Gasteiger partial charge is 0.224 e. The minimum absolute atomic E-state index is 0.0465. The molecule has 1 rings (SSSR count). The van der Waals surface area contributed by atoms with Gasteiger partial charge in [0.15, 0.2) is 0 Å². The van der Waals surface area contributed by atoms with Crippen LogP contribution < -0.4 is 16.0 Å². The number of hydrogen-bond acceptors (Lipinski definition) is 3. The van der Waals surface area contributed by atoms with Gasteiger partial charge in [0.1, 0.15) is 0 Å². The standard InChI is InChI=1S/C15H25N3O/c1-3-18(14-8-5-4-6-9-14)11-7-10-17-15(19)13(2)12-16/h4-6,8-9,13H,3,7,10-12,16H2,1-2H3,(H,17,19). The van der Waals surface area contributed by atoms with E-state index in [1.165, 1.54) is 5.69 Å². The minimum atomic E-state index is -0.101. The molecule has 0 saturated heterocycles. The van der Waals surface area contributed by atoms with E-state index in [1.807, 2.05) is 25.1 Å². The van der Waals surface area contributed by atoms with Crippen molar-refractivity contribution in [2.45, 2.75) is 20.3 Å². The molecule has 0 aromatic heterocycles. The third-order valence-electron chi connectivity index (χ3n) is 3.21. The van der Waals surface area contributed by atoms with E-state index in [-0.39, 0.29) is 11.8 Å². The van der Waals surface area contributed by atoms with Crippen LogP contribution in [0.3, 0.4) is 0 Å². The highest BCUT2D eigenvalue weighted by Gasteiger charge is 2.09. The van der Waals surface area contributed by atoms with Crippen LogP contribution in [0.4, 0.5) is 5.69 Å². The third kappa shape index (κ3) is 5.30. The van der Waals surface area contributed by atoms with Crippen LogP contribution >= 0.6 is 0 Å². The van der Waals surface area contributed by atoms with Gasteiger partial charge in [-0.05, 0) is 25.5 Å². The molecule has 0 aliphatic rings. The first-order valence-electron chi connectivity index (χ1n) is 6.96. The lowest BCUT2D eigenvalue weighted by Gasteiger charge is -2.23. The number of benzene rings is 1.